The summed E-state index contributed by atoms with van der Waals surface area (Å²) in [6.07, 6.45) is 2.26. The Bertz CT molecular complexity index is 194. The molecule has 0 aromatic rings. The van der Waals surface area contributed by atoms with Crippen LogP contribution in [0.3, 0.4) is 0 Å². The van der Waals surface area contributed by atoms with E-state index in [9.17, 15) is 4.79 Å². The highest BCUT2D eigenvalue weighted by molar-refractivity contribution is 5.80. The van der Waals surface area contributed by atoms with Gasteiger partial charge in [0, 0.05) is 18.8 Å². The van der Waals surface area contributed by atoms with Gasteiger partial charge in [-0.25, -0.2) is 0 Å². The normalized spacial score (nSPS) is 34.4. The lowest BCUT2D eigenvalue weighted by Gasteiger charge is -2.28. The molecule has 1 saturated heterocycles. The van der Waals surface area contributed by atoms with E-state index < -0.39 is 5.79 Å². The summed E-state index contributed by atoms with van der Waals surface area (Å²) in [5, 5.41) is 0. The van der Waals surface area contributed by atoms with Crippen molar-refractivity contribution in [2.75, 3.05) is 13.2 Å². The van der Waals surface area contributed by atoms with Crippen molar-refractivity contribution in [2.45, 2.75) is 32.0 Å². The molecule has 2 rings (SSSR count). The first kappa shape index (κ1) is 8.20. The molecule has 0 amide bonds. The van der Waals surface area contributed by atoms with Gasteiger partial charge in [0.1, 0.15) is 5.78 Å². The minimum Gasteiger partial charge on any atom is -0.348 e. The number of rotatable bonds is 1. The molecule has 1 atom stereocenters. The van der Waals surface area contributed by atoms with Crippen LogP contribution in [0.4, 0.5) is 0 Å². The van der Waals surface area contributed by atoms with Gasteiger partial charge in [-0.05, 0) is 13.3 Å². The van der Waals surface area contributed by atoms with Crippen LogP contribution in [-0.4, -0.2) is 24.8 Å². The molecule has 2 fully saturated rings. The van der Waals surface area contributed by atoms with Crippen molar-refractivity contribution >= 4 is 5.78 Å². The van der Waals surface area contributed by atoms with Crippen molar-refractivity contribution in [3.63, 3.8) is 0 Å². The molecule has 1 aliphatic carbocycles. The topological polar surface area (TPSA) is 35.5 Å². The first-order valence-electron chi connectivity index (χ1n) is 4.50. The summed E-state index contributed by atoms with van der Waals surface area (Å²) in [6.45, 7) is 3.28. The molecule has 0 radical (unpaired) electrons. The molecule has 2 aliphatic rings. The zero-order valence-corrected chi connectivity index (χ0v) is 7.34. The van der Waals surface area contributed by atoms with Gasteiger partial charge in [-0.15, -0.1) is 0 Å². The summed E-state index contributed by atoms with van der Waals surface area (Å²) in [5.41, 5.74) is 0. The van der Waals surface area contributed by atoms with E-state index >= 15 is 0 Å². The number of hydrogen-bond acceptors (Lipinski definition) is 3. The van der Waals surface area contributed by atoms with Crippen LogP contribution in [0.5, 0.6) is 0 Å². The second-order valence-corrected chi connectivity index (χ2v) is 3.69. The first-order valence-corrected chi connectivity index (χ1v) is 4.50. The van der Waals surface area contributed by atoms with Crippen molar-refractivity contribution in [1.29, 1.82) is 0 Å². The highest BCUT2D eigenvalue weighted by Crippen LogP contribution is 2.37. The van der Waals surface area contributed by atoms with E-state index in [2.05, 4.69) is 0 Å². The van der Waals surface area contributed by atoms with Crippen LogP contribution in [0.25, 0.3) is 0 Å². The molecular formula is C9H14O3. The Kier molecular flexibility index (Phi) is 1.93. The molecule has 0 aromatic heterocycles. The van der Waals surface area contributed by atoms with Crippen LogP contribution in [0, 0.1) is 5.92 Å². The fraction of sp³-hybridized carbons (Fsp3) is 0.889. The van der Waals surface area contributed by atoms with Gasteiger partial charge in [0.25, 0.3) is 0 Å². The molecule has 12 heavy (non-hydrogen) atoms. The monoisotopic (exact) mass is 170 g/mol. The predicted octanol–water partition coefficient (Wildman–Crippen LogP) is 1.12. The van der Waals surface area contributed by atoms with Gasteiger partial charge in [-0.3, -0.25) is 4.79 Å². The standard InChI is InChI=1S/C9H14O3/c1-9(11-4-5-12-9)7-2-3-8(10)6-7/h7H,2-6H2,1H3. The van der Waals surface area contributed by atoms with E-state index in [0.29, 0.717) is 31.8 Å². The zero-order valence-electron chi connectivity index (χ0n) is 7.34. The second-order valence-electron chi connectivity index (χ2n) is 3.69. The van der Waals surface area contributed by atoms with E-state index in [1.165, 1.54) is 0 Å². The van der Waals surface area contributed by atoms with E-state index in [0.717, 1.165) is 6.42 Å². The van der Waals surface area contributed by atoms with Crippen LogP contribution in [0.2, 0.25) is 0 Å². The highest BCUT2D eigenvalue weighted by Gasteiger charge is 2.43. The van der Waals surface area contributed by atoms with Gasteiger partial charge in [-0.2, -0.15) is 0 Å². The Balaban J connectivity index is 2.03. The van der Waals surface area contributed by atoms with Gasteiger partial charge in [0.05, 0.1) is 13.2 Å². The predicted molar refractivity (Wildman–Crippen MR) is 42.7 cm³/mol. The quantitative estimate of drug-likeness (QED) is 0.591. The largest absolute Gasteiger partial charge is 0.348 e. The van der Waals surface area contributed by atoms with Crippen LogP contribution >= 0.6 is 0 Å². The molecule has 0 bridgehead atoms. The molecule has 68 valence electrons. The first-order chi connectivity index (χ1) is 5.71. The Hall–Kier alpha value is -0.410. The van der Waals surface area contributed by atoms with Gasteiger partial charge < -0.3 is 9.47 Å². The zero-order chi connectivity index (χ0) is 8.60. The fourth-order valence-corrected chi connectivity index (χ4v) is 2.03. The second kappa shape index (κ2) is 2.82. The van der Waals surface area contributed by atoms with Gasteiger partial charge in [0.2, 0.25) is 0 Å². The Morgan fingerprint density at radius 1 is 1.42 bits per heavy atom. The summed E-state index contributed by atoms with van der Waals surface area (Å²) in [4.78, 5) is 11.0. The smallest absolute Gasteiger partial charge is 0.168 e. The maximum absolute atomic E-state index is 11.0. The van der Waals surface area contributed by atoms with Crippen LogP contribution in [-0.2, 0) is 14.3 Å². The molecule has 1 saturated carbocycles. The molecule has 0 aromatic carbocycles. The number of ketones is 1. The van der Waals surface area contributed by atoms with E-state index in [1.807, 2.05) is 6.92 Å². The van der Waals surface area contributed by atoms with Crippen LogP contribution < -0.4 is 0 Å². The fourth-order valence-electron chi connectivity index (χ4n) is 2.03. The van der Waals surface area contributed by atoms with Crippen molar-refractivity contribution in [1.82, 2.24) is 0 Å². The lowest BCUT2D eigenvalue weighted by molar-refractivity contribution is -0.180. The highest BCUT2D eigenvalue weighted by atomic mass is 16.7. The number of carbonyl (C=O) groups is 1. The Morgan fingerprint density at radius 3 is 2.58 bits per heavy atom. The average Bonchev–Trinajstić information content (AvgIpc) is 2.59. The summed E-state index contributed by atoms with van der Waals surface area (Å²) in [6, 6.07) is 0. The molecule has 1 heterocycles. The number of Topliss-reactive ketones (excluding diaryl/α,β-unsaturated/α-hetero) is 1. The molecule has 0 N–H and O–H groups in total. The molecule has 1 aliphatic heterocycles. The maximum atomic E-state index is 11.0. The number of carbonyl (C=O) groups excluding carboxylic acids is 1. The van der Waals surface area contributed by atoms with Gasteiger partial charge >= 0.3 is 0 Å². The molecular weight excluding hydrogens is 156 g/mol. The van der Waals surface area contributed by atoms with Crippen molar-refractivity contribution in [2.24, 2.45) is 5.92 Å². The Labute approximate surface area is 72.0 Å². The SMILES string of the molecule is CC1(C2CCC(=O)C2)OCCO1. The number of ether oxygens (including phenoxy) is 2. The van der Waals surface area contributed by atoms with Crippen LogP contribution in [0.15, 0.2) is 0 Å². The van der Waals surface area contributed by atoms with Crippen molar-refractivity contribution < 1.29 is 14.3 Å². The summed E-state index contributed by atoms with van der Waals surface area (Å²) < 4.78 is 11.0. The summed E-state index contributed by atoms with van der Waals surface area (Å²) >= 11 is 0. The third-order valence-electron chi connectivity index (χ3n) is 2.85. The minimum atomic E-state index is -0.466. The Morgan fingerprint density at radius 2 is 2.08 bits per heavy atom. The summed E-state index contributed by atoms with van der Waals surface area (Å²) in [5.74, 6) is 0.166. The van der Waals surface area contributed by atoms with Gasteiger partial charge in [0.15, 0.2) is 5.79 Å². The molecule has 3 heteroatoms. The van der Waals surface area contributed by atoms with Crippen molar-refractivity contribution in [3.8, 4) is 0 Å². The van der Waals surface area contributed by atoms with E-state index in [-0.39, 0.29) is 5.92 Å². The minimum absolute atomic E-state index is 0.285. The third kappa shape index (κ3) is 1.27. The average molecular weight is 170 g/mol. The third-order valence-corrected chi connectivity index (χ3v) is 2.85. The lowest BCUT2D eigenvalue weighted by atomic mass is 9.98. The summed E-state index contributed by atoms with van der Waals surface area (Å²) in [7, 11) is 0. The van der Waals surface area contributed by atoms with E-state index in [1.54, 1.807) is 0 Å². The van der Waals surface area contributed by atoms with Crippen LogP contribution in [0.1, 0.15) is 26.2 Å². The molecule has 0 spiro atoms. The molecule has 1 unspecified atom stereocenters. The van der Waals surface area contributed by atoms with Crippen molar-refractivity contribution in [3.05, 3.63) is 0 Å². The van der Waals surface area contributed by atoms with E-state index in [4.69, 9.17) is 9.47 Å². The maximum Gasteiger partial charge on any atom is 0.168 e. The van der Waals surface area contributed by atoms with Gasteiger partial charge in [-0.1, -0.05) is 0 Å². The number of hydrogen-bond donors (Lipinski definition) is 0. The lowest BCUT2D eigenvalue weighted by Crippen LogP contribution is -2.34. The molecule has 3 nitrogen and oxygen atoms in total.